The van der Waals surface area contributed by atoms with Crippen molar-refractivity contribution in [1.29, 1.82) is 0 Å². The van der Waals surface area contributed by atoms with Crippen molar-refractivity contribution in [1.82, 2.24) is 43.7 Å². The number of anilines is 1. The van der Waals surface area contributed by atoms with Gasteiger partial charge in [0.05, 0.1) is 23.6 Å². The van der Waals surface area contributed by atoms with Crippen molar-refractivity contribution >= 4 is 39.8 Å². The summed E-state index contributed by atoms with van der Waals surface area (Å²) in [5, 5.41) is 16.1. The van der Waals surface area contributed by atoms with Crippen LogP contribution in [0.3, 0.4) is 0 Å². The second-order valence-corrected chi connectivity index (χ2v) is 17.3. The third-order valence-corrected chi connectivity index (χ3v) is 13.2. The molecule has 6 heterocycles. The lowest BCUT2D eigenvalue weighted by Crippen LogP contribution is -2.50. The first-order chi connectivity index (χ1) is 29.4. The number of aliphatic hydroxyl groups is 1. The number of alkyl halides is 3. The number of aromatic nitrogens is 5. The molecule has 3 aliphatic heterocycles. The molecule has 3 N–H and O–H groups in total. The van der Waals surface area contributed by atoms with E-state index >= 15 is 0 Å². The number of benzene rings is 2. The van der Waals surface area contributed by atoms with Crippen LogP contribution in [-0.2, 0) is 29.7 Å². The van der Waals surface area contributed by atoms with Crippen molar-refractivity contribution in [3.8, 4) is 11.1 Å². The lowest BCUT2D eigenvalue weighted by atomic mass is 9.93. The van der Waals surface area contributed by atoms with E-state index in [1.807, 2.05) is 18.2 Å². The summed E-state index contributed by atoms with van der Waals surface area (Å²) in [7, 11) is 1.73. The summed E-state index contributed by atoms with van der Waals surface area (Å²) in [6, 6.07) is 14.6. The van der Waals surface area contributed by atoms with E-state index in [0.29, 0.717) is 36.5 Å². The summed E-state index contributed by atoms with van der Waals surface area (Å²) < 4.78 is 43.7. The van der Waals surface area contributed by atoms with Crippen molar-refractivity contribution in [3.63, 3.8) is 0 Å². The van der Waals surface area contributed by atoms with E-state index in [9.17, 15) is 32.7 Å². The van der Waals surface area contributed by atoms with Gasteiger partial charge in [-0.15, -0.1) is 0 Å². The number of aryl methyl sites for hydroxylation is 1. The van der Waals surface area contributed by atoms with Gasteiger partial charge in [0.15, 0.2) is 0 Å². The van der Waals surface area contributed by atoms with Crippen LogP contribution < -0.4 is 16.3 Å². The lowest BCUT2D eigenvalue weighted by Gasteiger charge is -2.38. The molecule has 14 nitrogen and oxygen atoms in total. The topological polar surface area (TPSA) is 146 Å². The molecule has 3 aromatic heterocycles. The number of aliphatic hydroxyl groups excluding tert-OH is 1. The summed E-state index contributed by atoms with van der Waals surface area (Å²) in [5.74, 6) is -0.564. The monoisotopic (exact) mass is 842 g/mol. The minimum atomic E-state index is -4.27. The molecule has 1 aliphatic carbocycles. The average molecular weight is 843 g/mol. The standard InChI is InChI=1S/C44H53F3N10O4/c1-52-38-22-29(4-11-36(38)57(43(52)61)37-12-13-39(59)50-41(37)60)25-53-18-20-55(21-19-53)32-14-17-54(26-32)24-28-2-5-30(6-3-28)35-27-56(31-7-9-33(58)10-8-31)40-34(35)23-49-42(51-40)48-16-15-44(45,46)47/h2-6,11,22-23,27,31-33,37,58H,7-10,12-21,24-26H2,1H3,(H,48,49,51)(H,50,59,60)/t31-,32-,33-,37?/m0/s1. The maximum atomic E-state index is 13.2. The van der Waals surface area contributed by atoms with Crippen LogP contribution in [0.25, 0.3) is 33.2 Å². The van der Waals surface area contributed by atoms with Crippen molar-refractivity contribution in [3.05, 3.63) is 76.5 Å². The molecule has 1 saturated carbocycles. The van der Waals surface area contributed by atoms with E-state index in [1.54, 1.807) is 17.8 Å². The zero-order valence-corrected chi connectivity index (χ0v) is 34.4. The number of likely N-dealkylation sites (tertiary alicyclic amines) is 1. The Labute approximate surface area is 351 Å². The predicted molar refractivity (Wildman–Crippen MR) is 225 cm³/mol. The van der Waals surface area contributed by atoms with Gasteiger partial charge >= 0.3 is 11.9 Å². The van der Waals surface area contributed by atoms with E-state index in [1.165, 1.54) is 10.1 Å². The lowest BCUT2D eigenvalue weighted by molar-refractivity contribution is -0.136. The predicted octanol–water partition coefficient (Wildman–Crippen LogP) is 4.96. The van der Waals surface area contributed by atoms with Crippen LogP contribution in [-0.4, -0.2) is 119 Å². The SMILES string of the molecule is Cn1c(=O)n(C2CCC(=O)NC2=O)c2ccc(CN3CCN([C@H]4CCN(Cc5ccc(-c6cn([C@H]7CC[C@H](O)CC7)c7nc(NCCC(F)(F)F)ncc67)cc5)C4)CC3)cc21. The molecule has 5 aromatic rings. The number of amides is 2. The van der Waals surface area contributed by atoms with E-state index in [2.05, 4.69) is 65.3 Å². The minimum absolute atomic E-state index is 0.129. The van der Waals surface area contributed by atoms with Gasteiger partial charge in [0.2, 0.25) is 17.8 Å². The van der Waals surface area contributed by atoms with Gasteiger partial charge in [0.1, 0.15) is 11.7 Å². The summed E-state index contributed by atoms with van der Waals surface area (Å²) in [5.41, 5.74) is 6.25. The Bertz CT molecular complexity index is 2460. The number of imide groups is 1. The quantitative estimate of drug-likeness (QED) is 0.156. The highest BCUT2D eigenvalue weighted by atomic mass is 19.4. The van der Waals surface area contributed by atoms with E-state index < -0.39 is 24.5 Å². The highest BCUT2D eigenvalue weighted by Crippen LogP contribution is 2.37. The molecule has 17 heteroatoms. The summed E-state index contributed by atoms with van der Waals surface area (Å²) in [4.78, 5) is 54.2. The Morgan fingerprint density at radius 2 is 1.59 bits per heavy atom. The third kappa shape index (κ3) is 8.83. The summed E-state index contributed by atoms with van der Waals surface area (Å²) in [6.07, 6.45) is 2.87. The van der Waals surface area contributed by atoms with Gasteiger partial charge in [0.25, 0.3) is 0 Å². The van der Waals surface area contributed by atoms with E-state index in [-0.39, 0.29) is 42.7 Å². The first-order valence-corrected chi connectivity index (χ1v) is 21.5. The van der Waals surface area contributed by atoms with Crippen LogP contribution >= 0.6 is 0 Å². The third-order valence-electron chi connectivity index (χ3n) is 13.2. The zero-order valence-electron chi connectivity index (χ0n) is 34.4. The highest BCUT2D eigenvalue weighted by Gasteiger charge is 2.33. The van der Waals surface area contributed by atoms with E-state index in [0.717, 1.165) is 99.2 Å². The fraction of sp³-hybridized carbons (Fsp3) is 0.523. The van der Waals surface area contributed by atoms with Gasteiger partial charge in [-0.2, -0.15) is 18.2 Å². The molecule has 2 amide bonds. The largest absolute Gasteiger partial charge is 0.393 e. The molecule has 0 radical (unpaired) electrons. The number of rotatable bonds is 11. The number of imidazole rings is 1. The Balaban J connectivity index is 0.801. The molecule has 2 aromatic carbocycles. The molecule has 1 unspecified atom stereocenters. The maximum absolute atomic E-state index is 13.2. The van der Waals surface area contributed by atoms with Crippen molar-refractivity contribution in [2.75, 3.05) is 51.1 Å². The first-order valence-electron chi connectivity index (χ1n) is 21.5. The van der Waals surface area contributed by atoms with Crippen molar-refractivity contribution in [2.24, 2.45) is 7.05 Å². The Morgan fingerprint density at radius 1 is 0.852 bits per heavy atom. The number of nitrogens with one attached hydrogen (secondary N) is 2. The number of halogens is 3. The number of fused-ring (bicyclic) bond motifs is 2. The van der Waals surface area contributed by atoms with Crippen LogP contribution in [0.15, 0.2) is 59.7 Å². The average Bonchev–Trinajstić information content (AvgIpc) is 3.93. The number of carbonyl (C=O) groups excluding carboxylic acids is 2. The second-order valence-electron chi connectivity index (χ2n) is 17.3. The fourth-order valence-electron chi connectivity index (χ4n) is 9.86. The molecule has 324 valence electrons. The zero-order chi connectivity index (χ0) is 42.4. The van der Waals surface area contributed by atoms with Crippen LogP contribution in [0.1, 0.15) is 74.6 Å². The molecule has 61 heavy (non-hydrogen) atoms. The minimum Gasteiger partial charge on any atom is -0.393 e. The second kappa shape index (κ2) is 17.0. The van der Waals surface area contributed by atoms with Crippen molar-refractivity contribution < 1.29 is 27.9 Å². The Kier molecular flexibility index (Phi) is 11.5. The molecule has 4 fully saturated rings. The Hall–Kier alpha value is -5.10. The smallest absolute Gasteiger partial charge is 0.390 e. The maximum Gasteiger partial charge on any atom is 0.390 e. The van der Waals surface area contributed by atoms with Gasteiger partial charge in [0, 0.05) is 108 Å². The fourth-order valence-corrected chi connectivity index (χ4v) is 9.86. The first kappa shape index (κ1) is 41.3. The van der Waals surface area contributed by atoms with Crippen LogP contribution in [0.2, 0.25) is 0 Å². The number of hydrogen-bond donors (Lipinski definition) is 3. The summed E-state index contributed by atoms with van der Waals surface area (Å²) in [6.45, 7) is 7.25. The van der Waals surface area contributed by atoms with Crippen LogP contribution in [0.4, 0.5) is 19.1 Å². The molecule has 2 atom stereocenters. The Morgan fingerprint density at radius 3 is 2.33 bits per heavy atom. The van der Waals surface area contributed by atoms with Crippen LogP contribution in [0, 0.1) is 0 Å². The number of piperazine rings is 1. The normalized spacial score (nSPS) is 23.6. The van der Waals surface area contributed by atoms with Gasteiger partial charge in [-0.05, 0) is 67.3 Å². The molecular formula is C44H53F3N10O4. The number of carbonyl (C=O) groups is 2. The number of nitrogens with zero attached hydrogens (tertiary/aromatic N) is 8. The van der Waals surface area contributed by atoms with E-state index in [4.69, 9.17) is 4.98 Å². The van der Waals surface area contributed by atoms with Gasteiger partial charge in [-0.3, -0.25) is 38.7 Å². The van der Waals surface area contributed by atoms with Crippen LogP contribution in [0.5, 0.6) is 0 Å². The summed E-state index contributed by atoms with van der Waals surface area (Å²) >= 11 is 0. The van der Waals surface area contributed by atoms with Crippen molar-refractivity contribution in [2.45, 2.75) is 94.9 Å². The van der Waals surface area contributed by atoms with Gasteiger partial charge in [-0.25, -0.2) is 9.78 Å². The molecule has 0 spiro atoms. The molecule has 3 saturated heterocycles. The highest BCUT2D eigenvalue weighted by molar-refractivity contribution is 6.00. The molecule has 4 aliphatic rings. The van der Waals surface area contributed by atoms with Gasteiger partial charge < -0.3 is 15.0 Å². The molecule has 0 bridgehead atoms. The molecule has 9 rings (SSSR count). The number of hydrogen-bond acceptors (Lipinski definition) is 10. The molecular weight excluding hydrogens is 790 g/mol. The number of piperidine rings is 1. The van der Waals surface area contributed by atoms with Gasteiger partial charge in [-0.1, -0.05) is 30.3 Å².